The Morgan fingerprint density at radius 2 is 2.06 bits per heavy atom. The lowest BCUT2D eigenvalue weighted by molar-refractivity contribution is -0.137. The standard InChI is InChI=1S/C12H14ClNO3/c1-14(16)8-10(12(15)17-2)7-9-3-5-11(13)6-4-9/h3-7,16H,8H2,1-2H3/b10-7+. The SMILES string of the molecule is COC(=O)/C(=C/c1ccc(Cl)cc1)CN(C)O. The lowest BCUT2D eigenvalue weighted by atomic mass is 10.1. The Bertz CT molecular complexity index is 412. The molecule has 0 aliphatic heterocycles. The van der Waals surface area contributed by atoms with Crippen molar-refractivity contribution in [2.24, 2.45) is 0 Å². The third kappa shape index (κ3) is 4.56. The molecule has 0 unspecified atom stereocenters. The Labute approximate surface area is 105 Å². The molecular formula is C12H14ClNO3. The zero-order chi connectivity index (χ0) is 12.8. The van der Waals surface area contributed by atoms with E-state index < -0.39 is 5.97 Å². The Hall–Kier alpha value is -1.36. The third-order valence-electron chi connectivity index (χ3n) is 2.06. The number of hydrogen-bond donors (Lipinski definition) is 1. The van der Waals surface area contributed by atoms with Crippen LogP contribution in [0, 0.1) is 0 Å². The van der Waals surface area contributed by atoms with Gasteiger partial charge in [-0.25, -0.2) is 4.79 Å². The monoisotopic (exact) mass is 255 g/mol. The van der Waals surface area contributed by atoms with Gasteiger partial charge in [-0.05, 0) is 23.8 Å². The number of rotatable bonds is 4. The summed E-state index contributed by atoms with van der Waals surface area (Å²) < 4.78 is 4.64. The van der Waals surface area contributed by atoms with Crippen LogP contribution in [0.2, 0.25) is 5.02 Å². The van der Waals surface area contributed by atoms with E-state index in [9.17, 15) is 4.79 Å². The van der Waals surface area contributed by atoms with Crippen LogP contribution in [0.1, 0.15) is 5.56 Å². The molecule has 0 atom stereocenters. The number of carbonyl (C=O) groups excluding carboxylic acids is 1. The summed E-state index contributed by atoms with van der Waals surface area (Å²) in [6, 6.07) is 7.02. The van der Waals surface area contributed by atoms with Crippen molar-refractivity contribution in [3.05, 3.63) is 40.4 Å². The molecule has 0 spiro atoms. The second-order valence-electron chi connectivity index (χ2n) is 3.53. The summed E-state index contributed by atoms with van der Waals surface area (Å²) in [5, 5.41) is 10.7. The Morgan fingerprint density at radius 3 is 2.53 bits per heavy atom. The van der Waals surface area contributed by atoms with Gasteiger partial charge >= 0.3 is 5.97 Å². The van der Waals surface area contributed by atoms with E-state index in [0.29, 0.717) is 10.6 Å². The molecule has 0 saturated heterocycles. The first-order chi connectivity index (χ1) is 8.02. The van der Waals surface area contributed by atoms with Gasteiger partial charge < -0.3 is 9.94 Å². The van der Waals surface area contributed by atoms with Crippen LogP contribution >= 0.6 is 11.6 Å². The smallest absolute Gasteiger partial charge is 0.335 e. The number of halogens is 1. The molecule has 1 rings (SSSR count). The van der Waals surface area contributed by atoms with Crippen LogP contribution in [0.15, 0.2) is 29.8 Å². The highest BCUT2D eigenvalue weighted by atomic mass is 35.5. The van der Waals surface area contributed by atoms with E-state index in [1.165, 1.54) is 14.2 Å². The molecule has 0 amide bonds. The van der Waals surface area contributed by atoms with Gasteiger partial charge in [0.25, 0.3) is 0 Å². The Morgan fingerprint density at radius 1 is 1.47 bits per heavy atom. The van der Waals surface area contributed by atoms with Crippen LogP contribution in [0.3, 0.4) is 0 Å². The summed E-state index contributed by atoms with van der Waals surface area (Å²) in [6.07, 6.45) is 1.65. The van der Waals surface area contributed by atoms with Crippen molar-refractivity contribution < 1.29 is 14.7 Å². The van der Waals surface area contributed by atoms with Crippen molar-refractivity contribution in [2.45, 2.75) is 0 Å². The summed E-state index contributed by atoms with van der Waals surface area (Å²) in [6.45, 7) is 0.0926. The predicted molar refractivity (Wildman–Crippen MR) is 65.9 cm³/mol. The molecule has 0 fully saturated rings. The minimum absolute atomic E-state index is 0.0926. The number of esters is 1. The zero-order valence-corrected chi connectivity index (χ0v) is 10.4. The molecule has 1 aromatic rings. The molecule has 1 aromatic carbocycles. The van der Waals surface area contributed by atoms with Crippen LogP contribution in [-0.2, 0) is 9.53 Å². The predicted octanol–water partition coefficient (Wildman–Crippen LogP) is 2.22. The fourth-order valence-corrected chi connectivity index (χ4v) is 1.43. The minimum Gasteiger partial charge on any atom is -0.466 e. The topological polar surface area (TPSA) is 49.8 Å². The number of methoxy groups -OCH3 is 1. The van der Waals surface area contributed by atoms with E-state index in [1.54, 1.807) is 30.3 Å². The molecule has 0 aliphatic carbocycles. The highest BCUT2D eigenvalue weighted by Gasteiger charge is 2.11. The highest BCUT2D eigenvalue weighted by molar-refractivity contribution is 6.30. The average Bonchev–Trinajstić information content (AvgIpc) is 2.29. The van der Waals surface area contributed by atoms with Crippen LogP contribution in [0.5, 0.6) is 0 Å². The van der Waals surface area contributed by atoms with E-state index in [0.717, 1.165) is 10.6 Å². The van der Waals surface area contributed by atoms with Crippen LogP contribution < -0.4 is 0 Å². The summed E-state index contributed by atoms with van der Waals surface area (Å²) in [5.41, 5.74) is 1.18. The lowest BCUT2D eigenvalue weighted by Crippen LogP contribution is -2.21. The first-order valence-electron chi connectivity index (χ1n) is 4.97. The number of likely N-dealkylation sites (N-methyl/N-ethyl adjacent to an activating group) is 1. The average molecular weight is 256 g/mol. The molecular weight excluding hydrogens is 242 g/mol. The summed E-state index contributed by atoms with van der Waals surface area (Å²) in [5.74, 6) is -0.471. The van der Waals surface area contributed by atoms with E-state index in [-0.39, 0.29) is 6.54 Å². The first kappa shape index (κ1) is 13.7. The number of nitrogens with zero attached hydrogens (tertiary/aromatic N) is 1. The van der Waals surface area contributed by atoms with E-state index >= 15 is 0 Å². The first-order valence-corrected chi connectivity index (χ1v) is 5.35. The number of benzene rings is 1. The van der Waals surface area contributed by atoms with Gasteiger partial charge in [-0.1, -0.05) is 23.7 Å². The fourth-order valence-electron chi connectivity index (χ4n) is 1.31. The summed E-state index contributed by atoms with van der Waals surface area (Å²) in [4.78, 5) is 11.5. The molecule has 1 N–H and O–H groups in total. The highest BCUT2D eigenvalue weighted by Crippen LogP contribution is 2.13. The molecule has 0 bridgehead atoms. The number of hydroxylamine groups is 2. The van der Waals surface area contributed by atoms with Crippen molar-refractivity contribution >= 4 is 23.6 Å². The molecule has 5 heteroatoms. The number of carbonyl (C=O) groups is 1. The molecule has 0 radical (unpaired) electrons. The van der Waals surface area contributed by atoms with Gasteiger partial charge in [0.15, 0.2) is 0 Å². The van der Waals surface area contributed by atoms with Gasteiger partial charge in [-0.2, -0.15) is 5.06 Å². The van der Waals surface area contributed by atoms with Gasteiger partial charge in [0, 0.05) is 12.1 Å². The van der Waals surface area contributed by atoms with Gasteiger partial charge in [0.1, 0.15) is 0 Å². The summed E-state index contributed by atoms with van der Waals surface area (Å²) >= 11 is 5.76. The maximum Gasteiger partial charge on any atom is 0.335 e. The molecule has 17 heavy (non-hydrogen) atoms. The van der Waals surface area contributed by atoms with E-state index in [4.69, 9.17) is 16.8 Å². The second kappa shape index (κ2) is 6.39. The molecule has 0 aromatic heterocycles. The molecule has 0 heterocycles. The number of ether oxygens (including phenoxy) is 1. The lowest BCUT2D eigenvalue weighted by Gasteiger charge is -2.10. The zero-order valence-electron chi connectivity index (χ0n) is 9.68. The molecule has 0 saturated carbocycles. The largest absolute Gasteiger partial charge is 0.466 e. The van der Waals surface area contributed by atoms with Crippen molar-refractivity contribution in [3.63, 3.8) is 0 Å². The van der Waals surface area contributed by atoms with Crippen LogP contribution in [0.25, 0.3) is 6.08 Å². The molecule has 92 valence electrons. The van der Waals surface area contributed by atoms with Crippen molar-refractivity contribution in [3.8, 4) is 0 Å². The van der Waals surface area contributed by atoms with Gasteiger partial charge in [0.2, 0.25) is 0 Å². The summed E-state index contributed by atoms with van der Waals surface area (Å²) in [7, 11) is 2.76. The quantitative estimate of drug-likeness (QED) is 0.509. The molecule has 0 aliphatic rings. The van der Waals surface area contributed by atoms with Crippen molar-refractivity contribution in [1.29, 1.82) is 0 Å². The fraction of sp³-hybridized carbons (Fsp3) is 0.250. The molecule has 4 nitrogen and oxygen atoms in total. The maximum absolute atomic E-state index is 11.5. The van der Waals surface area contributed by atoms with Crippen molar-refractivity contribution in [1.82, 2.24) is 5.06 Å². The minimum atomic E-state index is -0.471. The Kier molecular flexibility index (Phi) is 5.15. The van der Waals surface area contributed by atoms with Gasteiger partial charge in [-0.3, -0.25) is 0 Å². The second-order valence-corrected chi connectivity index (χ2v) is 3.96. The number of hydrogen-bond acceptors (Lipinski definition) is 4. The van der Waals surface area contributed by atoms with E-state index in [1.807, 2.05) is 0 Å². The third-order valence-corrected chi connectivity index (χ3v) is 2.31. The maximum atomic E-state index is 11.5. The van der Waals surface area contributed by atoms with Crippen LogP contribution in [-0.4, -0.2) is 36.9 Å². The van der Waals surface area contributed by atoms with E-state index in [2.05, 4.69) is 4.74 Å². The van der Waals surface area contributed by atoms with Crippen molar-refractivity contribution in [2.75, 3.05) is 20.7 Å². The van der Waals surface area contributed by atoms with Gasteiger partial charge in [-0.15, -0.1) is 0 Å². The van der Waals surface area contributed by atoms with Gasteiger partial charge in [0.05, 0.1) is 19.2 Å². The van der Waals surface area contributed by atoms with Crippen LogP contribution in [0.4, 0.5) is 0 Å². The normalized spacial score (nSPS) is 11.7. The Balaban J connectivity index is 2.96.